The molecule has 0 saturated carbocycles. The first kappa shape index (κ1) is 23.1. The lowest BCUT2D eigenvalue weighted by atomic mass is 9.97. The van der Waals surface area contributed by atoms with Crippen molar-refractivity contribution in [1.82, 2.24) is 10.6 Å². The summed E-state index contributed by atoms with van der Waals surface area (Å²) in [4.78, 5) is 35.8. The van der Waals surface area contributed by atoms with Gasteiger partial charge >= 0.3 is 5.97 Å². The number of nitrogens with one attached hydrogen (secondary N) is 2. The van der Waals surface area contributed by atoms with Crippen molar-refractivity contribution in [1.29, 1.82) is 0 Å². The van der Waals surface area contributed by atoms with Gasteiger partial charge in [0.1, 0.15) is 18.0 Å². The van der Waals surface area contributed by atoms with Crippen LogP contribution >= 0.6 is 0 Å². The monoisotopic (exact) mass is 436 g/mol. The Bertz CT molecular complexity index is 939. The van der Waals surface area contributed by atoms with Gasteiger partial charge in [-0.2, -0.15) is 0 Å². The molecule has 2 N–H and O–H groups in total. The van der Waals surface area contributed by atoms with Crippen molar-refractivity contribution in [3.05, 3.63) is 71.8 Å². The number of carbonyl (C=O) groups excluding carboxylic acids is 3. The smallest absolute Gasteiger partial charge is 0.325 e. The van der Waals surface area contributed by atoms with Crippen LogP contribution in [0.15, 0.2) is 66.2 Å². The molecule has 0 atom stereocenters. The first-order chi connectivity index (χ1) is 15.6. The second-order valence-corrected chi connectivity index (χ2v) is 7.49. The lowest BCUT2D eigenvalue weighted by Gasteiger charge is -2.13. The van der Waals surface area contributed by atoms with Crippen molar-refractivity contribution in [3.63, 3.8) is 0 Å². The molecule has 2 aromatic carbocycles. The Labute approximate surface area is 187 Å². The van der Waals surface area contributed by atoms with Gasteiger partial charge in [0.2, 0.25) is 0 Å². The quantitative estimate of drug-likeness (QED) is 0.437. The van der Waals surface area contributed by atoms with Gasteiger partial charge < -0.3 is 20.1 Å². The van der Waals surface area contributed by atoms with Gasteiger partial charge in [0.25, 0.3) is 11.8 Å². The average Bonchev–Trinajstić information content (AvgIpc) is 2.83. The van der Waals surface area contributed by atoms with Crippen molar-refractivity contribution in [2.45, 2.75) is 32.1 Å². The third kappa shape index (κ3) is 7.91. The van der Waals surface area contributed by atoms with Gasteiger partial charge in [0, 0.05) is 12.1 Å². The van der Waals surface area contributed by atoms with Crippen LogP contribution < -0.4 is 15.4 Å². The first-order valence-corrected chi connectivity index (χ1v) is 10.8. The number of carbonyl (C=O) groups is 3. The number of ether oxygens (including phenoxy) is 2. The number of esters is 1. The maximum atomic E-state index is 12.2. The Morgan fingerprint density at radius 2 is 1.62 bits per heavy atom. The zero-order chi connectivity index (χ0) is 22.6. The van der Waals surface area contributed by atoms with E-state index in [1.165, 1.54) is 18.4 Å². The van der Waals surface area contributed by atoms with Gasteiger partial charge in [-0.25, -0.2) is 0 Å². The molecule has 0 spiro atoms. The molecule has 0 radical (unpaired) electrons. The molecular weight excluding hydrogens is 408 g/mol. The third-order valence-electron chi connectivity index (χ3n) is 5.01. The molecule has 0 heterocycles. The number of amides is 2. The van der Waals surface area contributed by atoms with E-state index in [4.69, 9.17) is 9.47 Å². The molecule has 0 aliphatic heterocycles. The minimum atomic E-state index is -0.674. The predicted octanol–water partition coefficient (Wildman–Crippen LogP) is 3.76. The lowest BCUT2D eigenvalue weighted by molar-refractivity contribution is -0.147. The van der Waals surface area contributed by atoms with E-state index < -0.39 is 11.9 Å². The maximum absolute atomic E-state index is 12.2. The minimum absolute atomic E-state index is 0.318. The van der Waals surface area contributed by atoms with Crippen LogP contribution in [0, 0.1) is 0 Å². The van der Waals surface area contributed by atoms with Crippen molar-refractivity contribution < 1.29 is 23.9 Å². The summed E-state index contributed by atoms with van der Waals surface area (Å²) in [5, 5.41) is 5.23. The number of allylic oxidation sites excluding steroid dienone is 1. The molecule has 7 nitrogen and oxygen atoms in total. The lowest BCUT2D eigenvalue weighted by Crippen LogP contribution is -2.34. The molecule has 7 heteroatoms. The van der Waals surface area contributed by atoms with Crippen LogP contribution in [-0.2, 0) is 14.3 Å². The highest BCUT2D eigenvalue weighted by Crippen LogP contribution is 2.21. The Balaban J connectivity index is 1.32. The number of rotatable bonds is 10. The second kappa shape index (κ2) is 12.3. The highest BCUT2D eigenvalue weighted by molar-refractivity contribution is 5.96. The average molecular weight is 437 g/mol. The van der Waals surface area contributed by atoms with Crippen molar-refractivity contribution in [2.75, 3.05) is 19.7 Å². The van der Waals surface area contributed by atoms with Crippen LogP contribution in [0.2, 0.25) is 0 Å². The van der Waals surface area contributed by atoms with E-state index in [1.54, 1.807) is 24.3 Å². The van der Waals surface area contributed by atoms with Crippen LogP contribution in [0.3, 0.4) is 0 Å². The fourth-order valence-corrected chi connectivity index (χ4v) is 3.30. The third-order valence-corrected chi connectivity index (χ3v) is 5.01. The van der Waals surface area contributed by atoms with Crippen molar-refractivity contribution in [2.24, 2.45) is 0 Å². The Kier molecular flexibility index (Phi) is 8.86. The summed E-state index contributed by atoms with van der Waals surface area (Å²) in [6.45, 7) is -0.149. The van der Waals surface area contributed by atoms with Gasteiger partial charge in [-0.1, -0.05) is 29.8 Å². The highest BCUT2D eigenvalue weighted by atomic mass is 16.5. The van der Waals surface area contributed by atoms with Crippen LogP contribution in [0.25, 0.3) is 0 Å². The van der Waals surface area contributed by atoms with Gasteiger partial charge in [0.05, 0.1) is 0 Å². The SMILES string of the molecule is O=C(COC(=O)CNC(=O)c1ccc(Oc2ccccc2)cc1)NCCC1=CCCCC1. The Morgan fingerprint density at radius 3 is 2.34 bits per heavy atom. The fourth-order valence-electron chi connectivity index (χ4n) is 3.30. The van der Waals surface area contributed by atoms with Crippen molar-refractivity contribution >= 4 is 17.8 Å². The molecule has 1 aliphatic rings. The zero-order valence-corrected chi connectivity index (χ0v) is 18.0. The molecule has 0 saturated heterocycles. The summed E-state index contributed by atoms with van der Waals surface area (Å²) in [5.74, 6) is -0.151. The molecule has 0 aromatic heterocycles. The van der Waals surface area contributed by atoms with E-state index in [1.807, 2.05) is 30.3 Å². The summed E-state index contributed by atoms with van der Waals surface area (Å²) in [6.07, 6.45) is 7.70. The number of hydrogen-bond donors (Lipinski definition) is 2. The van der Waals surface area contributed by atoms with E-state index in [-0.39, 0.29) is 19.1 Å². The molecule has 3 rings (SSSR count). The highest BCUT2D eigenvalue weighted by Gasteiger charge is 2.11. The fraction of sp³-hybridized carbons (Fsp3) is 0.320. The van der Waals surface area contributed by atoms with Gasteiger partial charge in [-0.15, -0.1) is 0 Å². The van der Waals surface area contributed by atoms with E-state index >= 15 is 0 Å². The van der Waals surface area contributed by atoms with Crippen LogP contribution in [-0.4, -0.2) is 37.5 Å². The van der Waals surface area contributed by atoms with Gasteiger partial charge in [0.15, 0.2) is 6.61 Å². The molecule has 0 fully saturated rings. The summed E-state index contributed by atoms with van der Waals surface area (Å²) in [5.41, 5.74) is 1.75. The maximum Gasteiger partial charge on any atom is 0.325 e. The van der Waals surface area contributed by atoms with Gasteiger partial charge in [-0.3, -0.25) is 14.4 Å². The zero-order valence-electron chi connectivity index (χ0n) is 18.0. The van der Waals surface area contributed by atoms with E-state index in [9.17, 15) is 14.4 Å². The van der Waals surface area contributed by atoms with Crippen LogP contribution in [0.1, 0.15) is 42.5 Å². The number of para-hydroxylation sites is 1. The molecular formula is C25H28N2O5. The molecule has 0 bridgehead atoms. The van der Waals surface area contributed by atoms with Gasteiger partial charge in [-0.05, 0) is 68.5 Å². The van der Waals surface area contributed by atoms with Crippen molar-refractivity contribution in [3.8, 4) is 11.5 Å². The minimum Gasteiger partial charge on any atom is -0.457 e. The molecule has 2 aromatic rings. The molecule has 168 valence electrons. The van der Waals surface area contributed by atoms with E-state index in [2.05, 4.69) is 16.7 Å². The van der Waals surface area contributed by atoms with Crippen LogP contribution in [0.4, 0.5) is 0 Å². The topological polar surface area (TPSA) is 93.7 Å². The van der Waals surface area contributed by atoms with Crippen LogP contribution in [0.5, 0.6) is 11.5 Å². The standard InChI is InChI=1S/C25H28N2O5/c28-23(26-16-15-19-7-3-1-4-8-19)18-31-24(29)17-27-25(30)20-11-13-22(14-12-20)32-21-9-5-2-6-10-21/h2,5-7,9-14H,1,3-4,8,15-18H2,(H,26,28)(H,27,30). The summed E-state index contributed by atoms with van der Waals surface area (Å²) in [6, 6.07) is 15.9. The molecule has 1 aliphatic carbocycles. The first-order valence-electron chi connectivity index (χ1n) is 10.8. The summed E-state index contributed by atoms with van der Waals surface area (Å²) >= 11 is 0. The molecule has 2 amide bonds. The summed E-state index contributed by atoms with van der Waals surface area (Å²) in [7, 11) is 0. The molecule has 32 heavy (non-hydrogen) atoms. The normalized spacial score (nSPS) is 12.9. The predicted molar refractivity (Wildman–Crippen MR) is 120 cm³/mol. The van der Waals surface area contributed by atoms with E-state index in [0.29, 0.717) is 23.6 Å². The molecule has 0 unspecified atom stereocenters. The Hall–Kier alpha value is -3.61. The van der Waals surface area contributed by atoms with E-state index in [0.717, 1.165) is 19.3 Å². The second-order valence-electron chi connectivity index (χ2n) is 7.49. The largest absolute Gasteiger partial charge is 0.457 e. The number of benzene rings is 2. The number of hydrogen-bond acceptors (Lipinski definition) is 5. The summed E-state index contributed by atoms with van der Waals surface area (Å²) < 4.78 is 10.6. The Morgan fingerprint density at radius 1 is 0.875 bits per heavy atom.